The van der Waals surface area contributed by atoms with E-state index in [0.29, 0.717) is 12.0 Å². The lowest BCUT2D eigenvalue weighted by molar-refractivity contribution is 0.166. The molecule has 0 amide bonds. The summed E-state index contributed by atoms with van der Waals surface area (Å²) in [6, 6.07) is 8.93. The number of nitrogens with one attached hydrogen (secondary N) is 1. The Bertz CT molecular complexity index is 546. The monoisotopic (exact) mass is 257 g/mol. The average molecular weight is 257 g/mol. The smallest absolute Gasteiger partial charge is 0.0456 e. The van der Waals surface area contributed by atoms with E-state index in [1.807, 2.05) is 0 Å². The van der Waals surface area contributed by atoms with E-state index < -0.39 is 0 Å². The highest BCUT2D eigenvalue weighted by Gasteiger charge is 2.22. The van der Waals surface area contributed by atoms with Crippen LogP contribution in [0.4, 0.5) is 0 Å². The van der Waals surface area contributed by atoms with Crippen LogP contribution in [0.1, 0.15) is 18.9 Å². The molecule has 0 saturated carbocycles. The van der Waals surface area contributed by atoms with E-state index in [9.17, 15) is 0 Å². The summed E-state index contributed by atoms with van der Waals surface area (Å²) in [4.78, 5) is 5.90. The second-order valence-electron chi connectivity index (χ2n) is 5.84. The van der Waals surface area contributed by atoms with Crippen molar-refractivity contribution in [3.05, 3.63) is 36.0 Å². The van der Waals surface area contributed by atoms with E-state index in [1.165, 1.54) is 16.5 Å². The average Bonchev–Trinajstić information content (AvgIpc) is 2.83. The standard InChI is InChI=1S/C16H23N3/c1-12-11-19(9-7-15(12)17)8-6-13-10-18-16-5-3-2-4-14(13)16/h2-5,10,12,15,18H,6-9,11,17H2,1H3/t12-,15-/m0/s1. The van der Waals surface area contributed by atoms with Gasteiger partial charge in [-0.3, -0.25) is 0 Å². The molecule has 0 bridgehead atoms. The molecule has 2 atom stereocenters. The predicted molar refractivity (Wildman–Crippen MR) is 80.2 cm³/mol. The summed E-state index contributed by atoms with van der Waals surface area (Å²) in [5.74, 6) is 0.622. The van der Waals surface area contributed by atoms with Gasteiger partial charge in [0.2, 0.25) is 0 Å². The molecule has 1 aromatic heterocycles. The van der Waals surface area contributed by atoms with Gasteiger partial charge in [-0.1, -0.05) is 25.1 Å². The fourth-order valence-electron chi connectivity index (χ4n) is 3.07. The minimum absolute atomic E-state index is 0.393. The molecule has 0 unspecified atom stereocenters. The zero-order valence-corrected chi connectivity index (χ0v) is 11.6. The zero-order chi connectivity index (χ0) is 13.2. The molecular formula is C16H23N3. The number of para-hydroxylation sites is 1. The van der Waals surface area contributed by atoms with Crippen LogP contribution < -0.4 is 5.73 Å². The van der Waals surface area contributed by atoms with Gasteiger partial charge in [-0.15, -0.1) is 0 Å². The molecule has 1 saturated heterocycles. The van der Waals surface area contributed by atoms with Gasteiger partial charge >= 0.3 is 0 Å². The van der Waals surface area contributed by atoms with Crippen LogP contribution in [0.2, 0.25) is 0 Å². The molecule has 1 aromatic carbocycles. The molecule has 1 aliphatic rings. The third-order valence-corrected chi connectivity index (χ3v) is 4.43. The van der Waals surface area contributed by atoms with Gasteiger partial charge in [-0.05, 0) is 36.9 Å². The van der Waals surface area contributed by atoms with Crippen LogP contribution in [0, 0.1) is 5.92 Å². The number of H-pyrrole nitrogens is 1. The highest BCUT2D eigenvalue weighted by Crippen LogP contribution is 2.20. The molecular weight excluding hydrogens is 234 g/mol. The van der Waals surface area contributed by atoms with E-state index in [2.05, 4.69) is 47.3 Å². The number of piperidine rings is 1. The molecule has 1 aliphatic heterocycles. The maximum absolute atomic E-state index is 6.07. The van der Waals surface area contributed by atoms with Crippen molar-refractivity contribution in [1.82, 2.24) is 9.88 Å². The second kappa shape index (κ2) is 5.35. The van der Waals surface area contributed by atoms with Gasteiger partial charge in [-0.2, -0.15) is 0 Å². The Kier molecular flexibility index (Phi) is 3.58. The second-order valence-corrected chi connectivity index (χ2v) is 5.84. The number of aromatic nitrogens is 1. The minimum atomic E-state index is 0.393. The molecule has 0 radical (unpaired) electrons. The van der Waals surface area contributed by atoms with Crippen molar-refractivity contribution in [3.8, 4) is 0 Å². The van der Waals surface area contributed by atoms with Crippen LogP contribution in [0.3, 0.4) is 0 Å². The van der Waals surface area contributed by atoms with E-state index in [4.69, 9.17) is 5.73 Å². The van der Waals surface area contributed by atoms with Crippen LogP contribution in [0.15, 0.2) is 30.5 Å². The normalized spacial score (nSPS) is 24.9. The Morgan fingerprint density at radius 3 is 3.05 bits per heavy atom. The number of nitrogens with zero attached hydrogens (tertiary/aromatic N) is 1. The summed E-state index contributed by atoms with van der Waals surface area (Å²) >= 11 is 0. The number of nitrogens with two attached hydrogens (primary N) is 1. The fraction of sp³-hybridized carbons (Fsp3) is 0.500. The van der Waals surface area contributed by atoms with Crippen molar-refractivity contribution in [2.45, 2.75) is 25.8 Å². The van der Waals surface area contributed by atoms with Gasteiger partial charge in [0.15, 0.2) is 0 Å². The Hall–Kier alpha value is -1.32. The lowest BCUT2D eigenvalue weighted by Crippen LogP contribution is -2.46. The zero-order valence-electron chi connectivity index (χ0n) is 11.6. The van der Waals surface area contributed by atoms with Crippen LogP contribution in [-0.2, 0) is 6.42 Å². The van der Waals surface area contributed by atoms with Crippen LogP contribution >= 0.6 is 0 Å². The summed E-state index contributed by atoms with van der Waals surface area (Å²) in [6.45, 7) is 5.69. The molecule has 0 spiro atoms. The van der Waals surface area contributed by atoms with Crippen LogP contribution in [-0.4, -0.2) is 35.6 Å². The van der Waals surface area contributed by atoms with Crippen molar-refractivity contribution in [3.63, 3.8) is 0 Å². The third-order valence-electron chi connectivity index (χ3n) is 4.43. The molecule has 3 nitrogen and oxygen atoms in total. The quantitative estimate of drug-likeness (QED) is 0.886. The number of likely N-dealkylation sites (tertiary alicyclic amines) is 1. The van der Waals surface area contributed by atoms with E-state index in [0.717, 1.165) is 32.5 Å². The molecule has 2 aromatic rings. The Labute approximate surface area is 114 Å². The molecule has 102 valence electrons. The Morgan fingerprint density at radius 1 is 1.37 bits per heavy atom. The van der Waals surface area contributed by atoms with Crippen LogP contribution in [0.5, 0.6) is 0 Å². The van der Waals surface area contributed by atoms with Gasteiger partial charge in [0, 0.05) is 36.2 Å². The molecule has 1 fully saturated rings. The Morgan fingerprint density at radius 2 is 2.21 bits per heavy atom. The molecule has 19 heavy (non-hydrogen) atoms. The summed E-state index contributed by atoms with van der Waals surface area (Å²) in [6.07, 6.45) is 4.41. The van der Waals surface area contributed by atoms with Crippen molar-refractivity contribution >= 4 is 10.9 Å². The van der Waals surface area contributed by atoms with Gasteiger partial charge in [0.05, 0.1) is 0 Å². The van der Waals surface area contributed by atoms with E-state index in [-0.39, 0.29) is 0 Å². The van der Waals surface area contributed by atoms with E-state index >= 15 is 0 Å². The predicted octanol–water partition coefficient (Wildman–Crippen LogP) is 2.38. The number of hydrogen-bond acceptors (Lipinski definition) is 2. The first kappa shape index (κ1) is 12.7. The van der Waals surface area contributed by atoms with E-state index in [1.54, 1.807) is 0 Å². The molecule has 2 heterocycles. The number of rotatable bonds is 3. The lowest BCUT2D eigenvalue weighted by atomic mass is 9.94. The molecule has 0 aliphatic carbocycles. The maximum Gasteiger partial charge on any atom is 0.0456 e. The van der Waals surface area contributed by atoms with Gasteiger partial charge in [0.1, 0.15) is 0 Å². The van der Waals surface area contributed by atoms with Gasteiger partial charge in [0.25, 0.3) is 0 Å². The lowest BCUT2D eigenvalue weighted by Gasteiger charge is -2.35. The highest BCUT2D eigenvalue weighted by atomic mass is 15.1. The molecule has 3 heteroatoms. The summed E-state index contributed by atoms with van der Waals surface area (Å²) in [5, 5.41) is 1.37. The fourth-order valence-corrected chi connectivity index (χ4v) is 3.07. The third kappa shape index (κ3) is 2.67. The first-order chi connectivity index (χ1) is 9.24. The largest absolute Gasteiger partial charge is 0.361 e. The van der Waals surface area contributed by atoms with Crippen LogP contribution in [0.25, 0.3) is 10.9 Å². The van der Waals surface area contributed by atoms with Crippen molar-refractivity contribution in [2.75, 3.05) is 19.6 Å². The minimum Gasteiger partial charge on any atom is -0.361 e. The SMILES string of the molecule is C[C@H]1CN(CCc2c[nH]c3ccccc23)CC[C@@H]1N. The van der Waals surface area contributed by atoms with Gasteiger partial charge in [-0.25, -0.2) is 0 Å². The highest BCUT2D eigenvalue weighted by molar-refractivity contribution is 5.83. The summed E-state index contributed by atoms with van der Waals surface area (Å²) < 4.78 is 0. The van der Waals surface area contributed by atoms with Gasteiger partial charge < -0.3 is 15.6 Å². The molecule has 3 rings (SSSR count). The Balaban J connectivity index is 1.63. The topological polar surface area (TPSA) is 45.0 Å². The van der Waals surface area contributed by atoms with Crippen molar-refractivity contribution in [1.29, 1.82) is 0 Å². The number of fused-ring (bicyclic) bond motifs is 1. The number of aromatic amines is 1. The molecule has 3 N–H and O–H groups in total. The maximum atomic E-state index is 6.07. The summed E-state index contributed by atoms with van der Waals surface area (Å²) in [5.41, 5.74) is 8.74. The number of hydrogen-bond donors (Lipinski definition) is 2. The number of benzene rings is 1. The summed E-state index contributed by atoms with van der Waals surface area (Å²) in [7, 11) is 0. The first-order valence-corrected chi connectivity index (χ1v) is 7.27. The first-order valence-electron chi connectivity index (χ1n) is 7.27. The van der Waals surface area contributed by atoms with Crippen molar-refractivity contribution in [2.24, 2.45) is 11.7 Å². The van der Waals surface area contributed by atoms with Crippen molar-refractivity contribution < 1.29 is 0 Å².